The first kappa shape index (κ1) is 14.0. The molecule has 0 aliphatic rings. The quantitative estimate of drug-likeness (QED) is 0.742. The number of amides is 1. The largest absolute Gasteiger partial charge is 0.398 e. The second kappa shape index (κ2) is 6.02. The van der Waals surface area contributed by atoms with Crippen LogP contribution in [0.5, 0.6) is 0 Å². The van der Waals surface area contributed by atoms with Gasteiger partial charge in [0.2, 0.25) is 0 Å². The molecule has 0 aliphatic heterocycles. The molecule has 5 heteroatoms. The first-order valence-electron chi connectivity index (χ1n) is 5.42. The number of nitrogens with one attached hydrogen (secondary N) is 1. The van der Waals surface area contributed by atoms with E-state index >= 15 is 0 Å². The van der Waals surface area contributed by atoms with Gasteiger partial charge >= 0.3 is 0 Å². The van der Waals surface area contributed by atoms with Crippen LogP contribution in [0.2, 0.25) is 0 Å². The molecule has 1 aromatic carbocycles. The van der Waals surface area contributed by atoms with Crippen LogP contribution in [-0.2, 0) is 0 Å². The lowest BCUT2D eigenvalue weighted by Gasteiger charge is -2.20. The Balaban J connectivity index is 2.79. The van der Waals surface area contributed by atoms with Crippen LogP contribution in [0, 0.1) is 5.92 Å². The van der Waals surface area contributed by atoms with Gasteiger partial charge in [0.1, 0.15) is 0 Å². The Morgan fingerprint density at radius 2 is 2.18 bits per heavy atom. The minimum Gasteiger partial charge on any atom is -0.398 e. The number of hydrogen-bond acceptors (Lipinski definition) is 3. The van der Waals surface area contributed by atoms with Gasteiger partial charge in [0.15, 0.2) is 0 Å². The van der Waals surface area contributed by atoms with Gasteiger partial charge in [-0.05, 0) is 40.0 Å². The molecule has 0 bridgehead atoms. The van der Waals surface area contributed by atoms with Gasteiger partial charge in [0, 0.05) is 15.7 Å². The Morgan fingerprint density at radius 3 is 2.65 bits per heavy atom. The Labute approximate surface area is 109 Å². The van der Waals surface area contributed by atoms with Crippen molar-refractivity contribution in [1.29, 1.82) is 0 Å². The van der Waals surface area contributed by atoms with E-state index in [1.54, 1.807) is 18.2 Å². The van der Waals surface area contributed by atoms with E-state index in [0.29, 0.717) is 15.7 Å². The highest BCUT2D eigenvalue weighted by molar-refractivity contribution is 9.10. The predicted octanol–water partition coefficient (Wildman–Crippen LogP) is 1.78. The number of benzene rings is 1. The number of carbonyl (C=O) groups excluding carboxylic acids is 1. The van der Waals surface area contributed by atoms with E-state index < -0.39 is 0 Å². The predicted molar refractivity (Wildman–Crippen MR) is 71.7 cm³/mol. The van der Waals surface area contributed by atoms with Crippen LogP contribution in [0.4, 0.5) is 5.69 Å². The lowest BCUT2D eigenvalue weighted by Crippen LogP contribution is -2.41. The number of rotatable bonds is 4. The third-order valence-electron chi connectivity index (χ3n) is 2.58. The number of hydrogen-bond donors (Lipinski definition) is 3. The molecule has 0 unspecified atom stereocenters. The zero-order valence-corrected chi connectivity index (χ0v) is 11.5. The van der Waals surface area contributed by atoms with Crippen LogP contribution in [0.3, 0.4) is 0 Å². The van der Waals surface area contributed by atoms with Crippen molar-refractivity contribution in [3.05, 3.63) is 28.2 Å². The summed E-state index contributed by atoms with van der Waals surface area (Å²) in [6.45, 7) is 3.82. The summed E-state index contributed by atoms with van der Waals surface area (Å²) in [6, 6.07) is 4.75. The van der Waals surface area contributed by atoms with Crippen LogP contribution in [-0.4, -0.2) is 23.7 Å². The molecule has 1 aromatic rings. The molecule has 0 saturated heterocycles. The van der Waals surface area contributed by atoms with E-state index in [-0.39, 0.29) is 24.5 Å². The summed E-state index contributed by atoms with van der Waals surface area (Å²) in [7, 11) is 0. The molecule has 1 amide bonds. The zero-order valence-electron chi connectivity index (χ0n) is 9.90. The van der Waals surface area contributed by atoms with Crippen molar-refractivity contribution in [3.63, 3.8) is 0 Å². The van der Waals surface area contributed by atoms with E-state index in [2.05, 4.69) is 21.2 Å². The lowest BCUT2D eigenvalue weighted by atomic mass is 10.0. The summed E-state index contributed by atoms with van der Waals surface area (Å²) in [5.74, 6) is -0.0281. The van der Waals surface area contributed by atoms with Crippen molar-refractivity contribution < 1.29 is 9.90 Å². The fraction of sp³-hybridized carbons (Fsp3) is 0.417. The van der Waals surface area contributed by atoms with Crippen molar-refractivity contribution >= 4 is 27.5 Å². The third-order valence-corrected chi connectivity index (χ3v) is 3.27. The molecule has 0 spiro atoms. The van der Waals surface area contributed by atoms with Gasteiger partial charge < -0.3 is 16.2 Å². The van der Waals surface area contributed by atoms with Crippen LogP contribution >= 0.6 is 15.9 Å². The van der Waals surface area contributed by atoms with Gasteiger partial charge in [-0.1, -0.05) is 13.8 Å². The maximum Gasteiger partial charge on any atom is 0.251 e. The molecular weight excluding hydrogens is 284 g/mol. The number of aliphatic hydroxyl groups is 1. The highest BCUT2D eigenvalue weighted by Crippen LogP contribution is 2.20. The van der Waals surface area contributed by atoms with E-state index in [4.69, 9.17) is 10.8 Å². The van der Waals surface area contributed by atoms with Crippen LogP contribution in [0.25, 0.3) is 0 Å². The van der Waals surface area contributed by atoms with Gasteiger partial charge in [-0.3, -0.25) is 4.79 Å². The molecule has 0 aromatic heterocycles. The van der Waals surface area contributed by atoms with Crippen molar-refractivity contribution in [2.45, 2.75) is 19.9 Å². The molecule has 4 N–H and O–H groups in total. The number of aliphatic hydroxyl groups excluding tert-OH is 1. The van der Waals surface area contributed by atoms with Gasteiger partial charge in [0.05, 0.1) is 12.6 Å². The maximum atomic E-state index is 11.9. The van der Waals surface area contributed by atoms with Gasteiger partial charge in [-0.2, -0.15) is 0 Å². The van der Waals surface area contributed by atoms with E-state index in [1.807, 2.05) is 13.8 Å². The highest BCUT2D eigenvalue weighted by Gasteiger charge is 2.16. The number of anilines is 1. The van der Waals surface area contributed by atoms with Gasteiger partial charge in [-0.25, -0.2) is 0 Å². The van der Waals surface area contributed by atoms with Crippen molar-refractivity contribution in [2.75, 3.05) is 12.3 Å². The zero-order chi connectivity index (χ0) is 13.0. The number of nitrogen functional groups attached to an aromatic ring is 1. The standard InChI is InChI=1S/C12H17BrN2O2/c1-7(2)11(6-16)15-12(17)8-3-4-10(14)9(13)5-8/h3-5,7,11,16H,6,14H2,1-2H3,(H,15,17)/t11-/m1/s1. The molecule has 17 heavy (non-hydrogen) atoms. The summed E-state index contributed by atoms with van der Waals surface area (Å²) in [5, 5.41) is 11.9. The first-order valence-corrected chi connectivity index (χ1v) is 6.21. The van der Waals surface area contributed by atoms with E-state index in [0.717, 1.165) is 0 Å². The smallest absolute Gasteiger partial charge is 0.251 e. The molecule has 0 fully saturated rings. The summed E-state index contributed by atoms with van der Waals surface area (Å²) in [5.41, 5.74) is 6.75. The average Bonchev–Trinajstić information content (AvgIpc) is 2.28. The first-order chi connectivity index (χ1) is 7.95. The van der Waals surface area contributed by atoms with Crippen molar-refractivity contribution in [3.8, 4) is 0 Å². The second-order valence-electron chi connectivity index (χ2n) is 4.24. The molecular formula is C12H17BrN2O2. The minimum atomic E-state index is -0.237. The molecule has 94 valence electrons. The van der Waals surface area contributed by atoms with Gasteiger partial charge in [-0.15, -0.1) is 0 Å². The van der Waals surface area contributed by atoms with Crippen LogP contribution in [0.1, 0.15) is 24.2 Å². The Morgan fingerprint density at radius 1 is 1.53 bits per heavy atom. The number of nitrogens with two attached hydrogens (primary N) is 1. The topological polar surface area (TPSA) is 75.3 Å². The summed E-state index contributed by atoms with van der Waals surface area (Å²) >= 11 is 3.27. The molecule has 0 saturated carbocycles. The number of carbonyl (C=O) groups is 1. The summed E-state index contributed by atoms with van der Waals surface area (Å²) in [6.07, 6.45) is 0. The van der Waals surface area contributed by atoms with Crippen molar-refractivity contribution in [2.24, 2.45) is 5.92 Å². The molecule has 0 heterocycles. The lowest BCUT2D eigenvalue weighted by molar-refractivity contribution is 0.0897. The monoisotopic (exact) mass is 300 g/mol. The van der Waals surface area contributed by atoms with Crippen LogP contribution < -0.4 is 11.1 Å². The van der Waals surface area contributed by atoms with Gasteiger partial charge in [0.25, 0.3) is 5.91 Å². The SMILES string of the molecule is CC(C)[C@@H](CO)NC(=O)c1ccc(N)c(Br)c1. The second-order valence-corrected chi connectivity index (χ2v) is 5.10. The fourth-order valence-electron chi connectivity index (χ4n) is 1.34. The van der Waals surface area contributed by atoms with E-state index in [9.17, 15) is 4.79 Å². The number of halogens is 1. The Kier molecular flexibility index (Phi) is 4.96. The molecule has 1 atom stereocenters. The molecule has 4 nitrogen and oxygen atoms in total. The Hall–Kier alpha value is -1.07. The molecule has 0 radical (unpaired) electrons. The average molecular weight is 301 g/mol. The summed E-state index contributed by atoms with van der Waals surface area (Å²) in [4.78, 5) is 11.9. The highest BCUT2D eigenvalue weighted by atomic mass is 79.9. The van der Waals surface area contributed by atoms with Crippen molar-refractivity contribution in [1.82, 2.24) is 5.32 Å². The normalized spacial score (nSPS) is 12.5. The van der Waals surface area contributed by atoms with E-state index in [1.165, 1.54) is 0 Å². The summed E-state index contributed by atoms with van der Waals surface area (Å²) < 4.78 is 0.690. The Bertz CT molecular complexity index is 407. The minimum absolute atomic E-state index is 0.0699. The molecule has 1 rings (SSSR count). The third kappa shape index (κ3) is 3.71. The molecule has 0 aliphatic carbocycles. The fourth-order valence-corrected chi connectivity index (χ4v) is 1.72. The maximum absolute atomic E-state index is 11.9. The van der Waals surface area contributed by atoms with Crippen LogP contribution in [0.15, 0.2) is 22.7 Å².